The van der Waals surface area contributed by atoms with Crippen LogP contribution in [0, 0.1) is 5.92 Å². The molecule has 4 nitrogen and oxygen atoms in total. The topological polar surface area (TPSA) is 59.3 Å². The quantitative estimate of drug-likeness (QED) is 0.862. The standard InChI is InChI=1S/C12H19NO3S/c1-13-11(8-12-3-2-5-16-12)7-10-4-6-17(14,15)9-10/h2-3,5,10-11,13H,4,6-9H2,1H3. The predicted molar refractivity (Wildman–Crippen MR) is 66.6 cm³/mol. The molecule has 2 atom stereocenters. The van der Waals surface area contributed by atoms with E-state index in [1.165, 1.54) is 0 Å². The molecule has 1 aliphatic rings. The van der Waals surface area contributed by atoms with E-state index in [0.717, 1.165) is 25.0 Å². The fourth-order valence-electron chi connectivity index (χ4n) is 2.44. The van der Waals surface area contributed by atoms with Crippen molar-refractivity contribution in [2.45, 2.75) is 25.3 Å². The van der Waals surface area contributed by atoms with Crippen LogP contribution in [0.25, 0.3) is 0 Å². The van der Waals surface area contributed by atoms with Crippen molar-refractivity contribution in [2.24, 2.45) is 5.92 Å². The highest BCUT2D eigenvalue weighted by molar-refractivity contribution is 7.91. The number of likely N-dealkylation sites (N-methyl/N-ethyl adjacent to an activating group) is 1. The van der Waals surface area contributed by atoms with E-state index in [1.54, 1.807) is 6.26 Å². The molecule has 2 unspecified atom stereocenters. The van der Waals surface area contributed by atoms with Gasteiger partial charge in [0.05, 0.1) is 17.8 Å². The van der Waals surface area contributed by atoms with Crippen LogP contribution in [0.1, 0.15) is 18.6 Å². The van der Waals surface area contributed by atoms with E-state index in [1.807, 2.05) is 19.2 Å². The summed E-state index contributed by atoms with van der Waals surface area (Å²) in [5.74, 6) is 1.95. The number of hydrogen-bond acceptors (Lipinski definition) is 4. The second-order valence-corrected chi connectivity index (χ2v) is 7.00. The van der Waals surface area contributed by atoms with Crippen LogP contribution in [0.15, 0.2) is 22.8 Å². The molecular formula is C12H19NO3S. The van der Waals surface area contributed by atoms with E-state index in [0.29, 0.717) is 23.5 Å². The molecule has 1 aromatic heterocycles. The Morgan fingerprint density at radius 1 is 1.59 bits per heavy atom. The number of sulfone groups is 1. The molecule has 0 aromatic carbocycles. The first-order valence-electron chi connectivity index (χ1n) is 5.99. The van der Waals surface area contributed by atoms with Crippen molar-refractivity contribution in [1.29, 1.82) is 0 Å². The van der Waals surface area contributed by atoms with Gasteiger partial charge in [0.15, 0.2) is 9.84 Å². The summed E-state index contributed by atoms with van der Waals surface area (Å²) in [4.78, 5) is 0. The van der Waals surface area contributed by atoms with Gasteiger partial charge in [0.1, 0.15) is 5.76 Å². The lowest BCUT2D eigenvalue weighted by Crippen LogP contribution is -2.30. The first kappa shape index (κ1) is 12.6. The summed E-state index contributed by atoms with van der Waals surface area (Å²) in [5.41, 5.74) is 0. The Labute approximate surface area is 102 Å². The zero-order valence-electron chi connectivity index (χ0n) is 10.1. The third kappa shape index (κ3) is 3.57. The summed E-state index contributed by atoms with van der Waals surface area (Å²) in [7, 11) is -0.849. The zero-order chi connectivity index (χ0) is 12.3. The number of nitrogens with one attached hydrogen (secondary N) is 1. The molecule has 5 heteroatoms. The van der Waals surface area contributed by atoms with Crippen LogP contribution in [0.3, 0.4) is 0 Å². The van der Waals surface area contributed by atoms with Gasteiger partial charge in [-0.2, -0.15) is 0 Å². The molecule has 1 fully saturated rings. The first-order valence-corrected chi connectivity index (χ1v) is 7.81. The molecule has 2 heterocycles. The minimum Gasteiger partial charge on any atom is -0.469 e. The fourth-order valence-corrected chi connectivity index (χ4v) is 4.32. The van der Waals surface area contributed by atoms with Gasteiger partial charge in [-0.25, -0.2) is 8.42 Å². The molecule has 0 saturated carbocycles. The Morgan fingerprint density at radius 3 is 2.94 bits per heavy atom. The Morgan fingerprint density at radius 2 is 2.41 bits per heavy atom. The van der Waals surface area contributed by atoms with Gasteiger partial charge in [-0.15, -0.1) is 0 Å². The largest absolute Gasteiger partial charge is 0.469 e. The van der Waals surface area contributed by atoms with E-state index in [2.05, 4.69) is 5.32 Å². The highest BCUT2D eigenvalue weighted by Crippen LogP contribution is 2.24. The summed E-state index contributed by atoms with van der Waals surface area (Å²) < 4.78 is 28.1. The van der Waals surface area contributed by atoms with Gasteiger partial charge in [-0.1, -0.05) is 0 Å². The van der Waals surface area contributed by atoms with Gasteiger partial charge in [0.25, 0.3) is 0 Å². The molecule has 0 aliphatic carbocycles. The van der Waals surface area contributed by atoms with Crippen LogP contribution in [0.2, 0.25) is 0 Å². The average molecular weight is 257 g/mol. The lowest BCUT2D eigenvalue weighted by atomic mass is 9.97. The third-order valence-corrected chi connectivity index (χ3v) is 5.22. The molecule has 0 spiro atoms. The van der Waals surface area contributed by atoms with Gasteiger partial charge in [-0.05, 0) is 37.9 Å². The Bertz CT molecular complexity index is 438. The smallest absolute Gasteiger partial charge is 0.150 e. The van der Waals surface area contributed by atoms with Crippen LogP contribution in [0.5, 0.6) is 0 Å². The Hall–Kier alpha value is -0.810. The summed E-state index contributed by atoms with van der Waals surface area (Å²) in [5, 5.41) is 3.24. The highest BCUT2D eigenvalue weighted by Gasteiger charge is 2.29. The monoisotopic (exact) mass is 257 g/mol. The molecule has 1 N–H and O–H groups in total. The molecule has 17 heavy (non-hydrogen) atoms. The molecule has 96 valence electrons. The van der Waals surface area contributed by atoms with Crippen LogP contribution < -0.4 is 5.32 Å². The summed E-state index contributed by atoms with van der Waals surface area (Å²) in [6.07, 6.45) is 4.19. The molecule has 1 saturated heterocycles. The lowest BCUT2D eigenvalue weighted by molar-refractivity contribution is 0.394. The Balaban J connectivity index is 1.88. The van der Waals surface area contributed by atoms with Crippen LogP contribution in [-0.2, 0) is 16.3 Å². The number of hydrogen-bond donors (Lipinski definition) is 1. The first-order chi connectivity index (χ1) is 8.09. The summed E-state index contributed by atoms with van der Waals surface area (Å²) in [6, 6.07) is 4.12. The second-order valence-electron chi connectivity index (χ2n) is 4.77. The maximum Gasteiger partial charge on any atom is 0.150 e. The number of furan rings is 1. The van der Waals surface area contributed by atoms with Crippen molar-refractivity contribution in [1.82, 2.24) is 5.32 Å². The molecular weight excluding hydrogens is 238 g/mol. The maximum absolute atomic E-state index is 11.4. The SMILES string of the molecule is CNC(Cc1ccco1)CC1CCS(=O)(=O)C1. The van der Waals surface area contributed by atoms with Crippen LogP contribution in [-0.4, -0.2) is 33.0 Å². The van der Waals surface area contributed by atoms with Gasteiger partial charge in [0.2, 0.25) is 0 Å². The minimum atomic E-state index is -2.76. The van der Waals surface area contributed by atoms with E-state index in [-0.39, 0.29) is 0 Å². The van der Waals surface area contributed by atoms with E-state index in [9.17, 15) is 8.42 Å². The van der Waals surface area contributed by atoms with Gasteiger partial charge in [0, 0.05) is 12.5 Å². The van der Waals surface area contributed by atoms with Crippen molar-refractivity contribution in [2.75, 3.05) is 18.6 Å². The average Bonchev–Trinajstić information content (AvgIpc) is 2.87. The van der Waals surface area contributed by atoms with Crippen molar-refractivity contribution in [3.8, 4) is 0 Å². The normalized spacial score (nSPS) is 24.9. The molecule has 0 amide bonds. The van der Waals surface area contributed by atoms with Gasteiger partial charge >= 0.3 is 0 Å². The van der Waals surface area contributed by atoms with Crippen molar-refractivity contribution in [3.63, 3.8) is 0 Å². The fraction of sp³-hybridized carbons (Fsp3) is 0.667. The zero-order valence-corrected chi connectivity index (χ0v) is 10.9. The Kier molecular flexibility index (Phi) is 3.89. The molecule has 2 rings (SSSR count). The van der Waals surface area contributed by atoms with Gasteiger partial charge in [-0.3, -0.25) is 0 Å². The molecule has 1 aromatic rings. The predicted octanol–water partition coefficient (Wildman–Crippen LogP) is 1.23. The summed E-state index contributed by atoms with van der Waals surface area (Å²) in [6.45, 7) is 0. The number of rotatable bonds is 5. The van der Waals surface area contributed by atoms with Crippen molar-refractivity contribution in [3.05, 3.63) is 24.2 Å². The van der Waals surface area contributed by atoms with E-state index < -0.39 is 9.84 Å². The van der Waals surface area contributed by atoms with Crippen LogP contribution >= 0.6 is 0 Å². The van der Waals surface area contributed by atoms with Crippen LogP contribution in [0.4, 0.5) is 0 Å². The molecule has 0 bridgehead atoms. The van der Waals surface area contributed by atoms with Crippen molar-refractivity contribution >= 4 is 9.84 Å². The lowest BCUT2D eigenvalue weighted by Gasteiger charge is -2.18. The highest BCUT2D eigenvalue weighted by atomic mass is 32.2. The van der Waals surface area contributed by atoms with Crippen molar-refractivity contribution < 1.29 is 12.8 Å². The van der Waals surface area contributed by atoms with Gasteiger partial charge < -0.3 is 9.73 Å². The maximum atomic E-state index is 11.4. The molecule has 1 aliphatic heterocycles. The third-order valence-electron chi connectivity index (χ3n) is 3.38. The minimum absolute atomic E-state index is 0.291. The van der Waals surface area contributed by atoms with E-state index in [4.69, 9.17) is 4.42 Å². The second kappa shape index (κ2) is 5.23. The van der Waals surface area contributed by atoms with E-state index >= 15 is 0 Å². The molecule has 0 radical (unpaired) electrons. The summed E-state index contributed by atoms with van der Waals surface area (Å²) >= 11 is 0.